The van der Waals surface area contributed by atoms with E-state index in [-0.39, 0.29) is 17.4 Å². The van der Waals surface area contributed by atoms with E-state index in [4.69, 9.17) is 0 Å². The summed E-state index contributed by atoms with van der Waals surface area (Å²) in [4.78, 5) is 30.4. The lowest BCUT2D eigenvalue weighted by atomic mass is 9.97. The third kappa shape index (κ3) is 3.96. The van der Waals surface area contributed by atoms with Gasteiger partial charge in [-0.25, -0.2) is 0 Å². The Bertz CT molecular complexity index is 1080. The van der Waals surface area contributed by atoms with Crippen molar-refractivity contribution >= 4 is 17.4 Å². The predicted molar refractivity (Wildman–Crippen MR) is 117 cm³/mol. The fourth-order valence-electron chi connectivity index (χ4n) is 3.89. The molecule has 2 heterocycles. The summed E-state index contributed by atoms with van der Waals surface area (Å²) in [5.41, 5.74) is 5.11. The number of carbonyl (C=O) groups is 2. The van der Waals surface area contributed by atoms with Gasteiger partial charge in [0.05, 0.1) is 5.69 Å². The molecule has 30 heavy (non-hydrogen) atoms. The number of fused-ring (bicyclic) bond motifs is 1. The maximum absolute atomic E-state index is 12.5. The Morgan fingerprint density at radius 3 is 2.63 bits per heavy atom. The molecule has 0 atom stereocenters. The van der Waals surface area contributed by atoms with Crippen LogP contribution in [-0.4, -0.2) is 28.3 Å². The van der Waals surface area contributed by atoms with Gasteiger partial charge in [-0.05, 0) is 41.7 Å². The molecule has 1 aliphatic rings. The minimum atomic E-state index is 0.0649. The van der Waals surface area contributed by atoms with Crippen LogP contribution in [0.15, 0.2) is 60.9 Å². The topological polar surface area (TPSA) is 70.5 Å². The van der Waals surface area contributed by atoms with Crippen molar-refractivity contribution in [3.05, 3.63) is 77.6 Å². The van der Waals surface area contributed by atoms with Gasteiger partial charge >= 0.3 is 0 Å². The summed E-state index contributed by atoms with van der Waals surface area (Å²) in [6, 6.07) is 14.8. The molecule has 5 heteroatoms. The normalized spacial score (nSPS) is 12.6. The van der Waals surface area contributed by atoms with Gasteiger partial charge in [0.1, 0.15) is 5.75 Å². The number of pyridine rings is 1. The second-order valence-electron chi connectivity index (χ2n) is 7.51. The van der Waals surface area contributed by atoms with E-state index in [0.717, 1.165) is 28.8 Å². The summed E-state index contributed by atoms with van der Waals surface area (Å²) < 4.78 is 0. The largest absolute Gasteiger partial charge is 0.507 e. The summed E-state index contributed by atoms with van der Waals surface area (Å²) in [6.45, 7) is 2.49. The molecule has 5 nitrogen and oxygen atoms in total. The number of hydrogen-bond donors (Lipinski definition) is 1. The molecule has 4 rings (SSSR count). The minimum Gasteiger partial charge on any atom is -0.507 e. The van der Waals surface area contributed by atoms with Crippen LogP contribution in [0.5, 0.6) is 5.75 Å². The lowest BCUT2D eigenvalue weighted by Gasteiger charge is -2.17. The van der Waals surface area contributed by atoms with Crippen molar-refractivity contribution in [3.63, 3.8) is 0 Å². The fourth-order valence-corrected chi connectivity index (χ4v) is 3.89. The van der Waals surface area contributed by atoms with Crippen molar-refractivity contribution in [2.45, 2.75) is 32.6 Å². The number of phenolic OH excluding ortho intramolecular Hbond substituents is 1. The van der Waals surface area contributed by atoms with Crippen LogP contribution in [0.4, 0.5) is 5.69 Å². The van der Waals surface area contributed by atoms with Crippen LogP contribution in [0.1, 0.15) is 41.3 Å². The van der Waals surface area contributed by atoms with Crippen molar-refractivity contribution in [3.8, 4) is 16.9 Å². The van der Waals surface area contributed by atoms with E-state index in [0.29, 0.717) is 36.9 Å². The number of benzene rings is 2. The van der Waals surface area contributed by atoms with Gasteiger partial charge < -0.3 is 10.0 Å². The zero-order chi connectivity index (χ0) is 21.1. The number of rotatable bonds is 6. The van der Waals surface area contributed by atoms with Crippen molar-refractivity contribution < 1.29 is 14.7 Å². The number of amides is 1. The number of ketones is 1. The van der Waals surface area contributed by atoms with Gasteiger partial charge in [0.25, 0.3) is 0 Å². The standard InChI is InChI=1S/C25H24N2O3/c1-2-25(30)27-13-11-20-14-21(24(29)15-22(20)27)18-6-8-19(9-7-18)23(28)10-5-17-4-3-12-26-16-17/h3-4,6-9,12,14-16,29H,2,5,10-11,13H2,1H3. The molecule has 0 saturated carbocycles. The second-order valence-corrected chi connectivity index (χ2v) is 7.51. The molecule has 0 saturated heterocycles. The van der Waals surface area contributed by atoms with Crippen LogP contribution in [-0.2, 0) is 17.6 Å². The van der Waals surface area contributed by atoms with Gasteiger partial charge in [-0.3, -0.25) is 14.6 Å². The number of anilines is 1. The Hall–Kier alpha value is -3.47. The van der Waals surface area contributed by atoms with E-state index in [9.17, 15) is 14.7 Å². The Morgan fingerprint density at radius 1 is 1.13 bits per heavy atom. The smallest absolute Gasteiger partial charge is 0.226 e. The first kappa shape index (κ1) is 19.8. The average molecular weight is 400 g/mol. The van der Waals surface area contributed by atoms with Gasteiger partial charge in [-0.1, -0.05) is 37.3 Å². The molecule has 3 aromatic rings. The van der Waals surface area contributed by atoms with E-state index < -0.39 is 0 Å². The Balaban J connectivity index is 1.50. The van der Waals surface area contributed by atoms with Crippen molar-refractivity contribution in [2.24, 2.45) is 0 Å². The van der Waals surface area contributed by atoms with E-state index >= 15 is 0 Å². The van der Waals surface area contributed by atoms with Crippen LogP contribution in [0, 0.1) is 0 Å². The lowest BCUT2D eigenvalue weighted by molar-refractivity contribution is -0.118. The van der Waals surface area contributed by atoms with Crippen molar-refractivity contribution in [1.82, 2.24) is 4.98 Å². The first-order valence-electron chi connectivity index (χ1n) is 10.3. The summed E-state index contributed by atoms with van der Waals surface area (Å²) in [7, 11) is 0. The number of carbonyl (C=O) groups excluding carboxylic acids is 2. The number of aromatic nitrogens is 1. The number of aromatic hydroxyl groups is 1. The molecule has 1 aliphatic heterocycles. The predicted octanol–water partition coefficient (Wildman–Crippen LogP) is 4.57. The molecular weight excluding hydrogens is 376 g/mol. The van der Waals surface area contributed by atoms with Gasteiger partial charge in [-0.15, -0.1) is 0 Å². The molecule has 1 amide bonds. The molecule has 0 radical (unpaired) electrons. The van der Waals surface area contributed by atoms with Crippen molar-refractivity contribution in [1.29, 1.82) is 0 Å². The summed E-state index contributed by atoms with van der Waals surface area (Å²) in [6.07, 6.45) is 5.81. The highest BCUT2D eigenvalue weighted by Crippen LogP contribution is 2.39. The third-order valence-electron chi connectivity index (χ3n) is 5.58. The molecule has 152 valence electrons. The number of phenols is 1. The second kappa shape index (κ2) is 8.49. The first-order chi connectivity index (χ1) is 14.6. The maximum atomic E-state index is 12.5. The SMILES string of the molecule is CCC(=O)N1CCc2cc(-c3ccc(C(=O)CCc4cccnc4)cc3)c(O)cc21. The highest BCUT2D eigenvalue weighted by Gasteiger charge is 2.25. The molecule has 1 aromatic heterocycles. The van der Waals surface area contributed by atoms with Crippen LogP contribution >= 0.6 is 0 Å². The average Bonchev–Trinajstić information content (AvgIpc) is 3.20. The van der Waals surface area contributed by atoms with Gasteiger partial charge in [-0.2, -0.15) is 0 Å². The van der Waals surface area contributed by atoms with Crippen LogP contribution in [0.3, 0.4) is 0 Å². The molecule has 0 spiro atoms. The molecule has 0 unspecified atom stereocenters. The number of hydrogen-bond acceptors (Lipinski definition) is 4. The monoisotopic (exact) mass is 400 g/mol. The Labute approximate surface area is 176 Å². The van der Waals surface area contributed by atoms with Crippen molar-refractivity contribution in [2.75, 3.05) is 11.4 Å². The lowest BCUT2D eigenvalue weighted by Crippen LogP contribution is -2.27. The van der Waals surface area contributed by atoms with E-state index in [1.54, 1.807) is 35.5 Å². The number of aryl methyl sites for hydroxylation is 1. The highest BCUT2D eigenvalue weighted by molar-refractivity contribution is 5.97. The summed E-state index contributed by atoms with van der Waals surface area (Å²) in [5.74, 6) is 0.285. The molecule has 0 fully saturated rings. The van der Waals surface area contributed by atoms with Crippen LogP contribution in [0.2, 0.25) is 0 Å². The molecule has 0 aliphatic carbocycles. The molecular formula is C25H24N2O3. The quantitative estimate of drug-likeness (QED) is 0.616. The van der Waals surface area contributed by atoms with E-state index in [2.05, 4.69) is 4.98 Å². The maximum Gasteiger partial charge on any atom is 0.226 e. The van der Waals surface area contributed by atoms with Crippen LogP contribution in [0.25, 0.3) is 11.1 Å². The molecule has 2 aromatic carbocycles. The summed E-state index contributed by atoms with van der Waals surface area (Å²) in [5, 5.41) is 10.6. The van der Waals surface area contributed by atoms with Crippen LogP contribution < -0.4 is 4.90 Å². The Morgan fingerprint density at radius 2 is 1.93 bits per heavy atom. The zero-order valence-corrected chi connectivity index (χ0v) is 17.0. The van der Waals surface area contributed by atoms with E-state index in [1.807, 2.05) is 37.3 Å². The minimum absolute atomic E-state index is 0.0649. The number of nitrogens with zero attached hydrogens (tertiary/aromatic N) is 2. The number of Topliss-reactive ketones (excluding diaryl/α,β-unsaturated/α-hetero) is 1. The Kier molecular flexibility index (Phi) is 5.61. The first-order valence-corrected chi connectivity index (χ1v) is 10.3. The molecule has 0 bridgehead atoms. The van der Waals surface area contributed by atoms with E-state index in [1.165, 1.54) is 0 Å². The fraction of sp³-hybridized carbons (Fsp3) is 0.240. The zero-order valence-electron chi connectivity index (χ0n) is 17.0. The molecule has 1 N–H and O–H groups in total. The van der Waals surface area contributed by atoms with Gasteiger partial charge in [0, 0.05) is 49.0 Å². The highest BCUT2D eigenvalue weighted by atomic mass is 16.3. The van der Waals surface area contributed by atoms with Gasteiger partial charge in [0.15, 0.2) is 5.78 Å². The summed E-state index contributed by atoms with van der Waals surface area (Å²) >= 11 is 0. The van der Waals surface area contributed by atoms with Gasteiger partial charge in [0.2, 0.25) is 5.91 Å². The third-order valence-corrected chi connectivity index (χ3v) is 5.58.